The molecule has 0 saturated carbocycles. The summed E-state index contributed by atoms with van der Waals surface area (Å²) in [4.78, 5) is 4.28. The number of imidazole rings is 1. The van der Waals surface area contributed by atoms with Gasteiger partial charge in [0.2, 0.25) is 5.95 Å². The first-order chi connectivity index (χ1) is 9.06. The molecule has 3 nitrogen and oxygen atoms in total. The van der Waals surface area contributed by atoms with Gasteiger partial charge in [-0.2, -0.15) is 0 Å². The number of hydrogen-bond acceptors (Lipinski definition) is 2. The van der Waals surface area contributed by atoms with E-state index in [2.05, 4.69) is 43.5 Å². The average Bonchev–Trinajstić information content (AvgIpc) is 2.67. The van der Waals surface area contributed by atoms with Crippen molar-refractivity contribution in [1.29, 1.82) is 0 Å². The van der Waals surface area contributed by atoms with E-state index >= 15 is 0 Å². The Hall–Kier alpha value is -1.15. The SMILES string of the molecule is Nc1nc2cc(I)ccc2n1-c1cc(Br)ccc1F. The predicted octanol–water partition coefficient (Wildman–Crippen LogP) is 4.11. The van der Waals surface area contributed by atoms with Crippen molar-refractivity contribution in [2.45, 2.75) is 0 Å². The molecule has 0 fully saturated rings. The van der Waals surface area contributed by atoms with Crippen molar-refractivity contribution in [2.75, 3.05) is 5.73 Å². The van der Waals surface area contributed by atoms with Gasteiger partial charge in [0.1, 0.15) is 5.82 Å². The van der Waals surface area contributed by atoms with Crippen LogP contribution in [0, 0.1) is 9.39 Å². The Morgan fingerprint density at radius 3 is 2.79 bits per heavy atom. The first-order valence-electron chi connectivity index (χ1n) is 5.45. The second kappa shape index (κ2) is 4.75. The molecule has 96 valence electrons. The summed E-state index contributed by atoms with van der Waals surface area (Å²) in [6, 6.07) is 10.5. The van der Waals surface area contributed by atoms with Gasteiger partial charge in [-0.1, -0.05) is 15.9 Å². The summed E-state index contributed by atoms with van der Waals surface area (Å²) < 4.78 is 17.5. The van der Waals surface area contributed by atoms with Crippen molar-refractivity contribution in [3.8, 4) is 5.69 Å². The van der Waals surface area contributed by atoms with Gasteiger partial charge in [-0.3, -0.25) is 4.57 Å². The Kier molecular flexibility index (Phi) is 3.22. The average molecular weight is 432 g/mol. The highest BCUT2D eigenvalue weighted by atomic mass is 127. The van der Waals surface area contributed by atoms with Crippen LogP contribution in [0.5, 0.6) is 0 Å². The van der Waals surface area contributed by atoms with Gasteiger partial charge in [-0.25, -0.2) is 9.37 Å². The smallest absolute Gasteiger partial charge is 0.206 e. The number of nitrogens with two attached hydrogens (primary N) is 1. The lowest BCUT2D eigenvalue weighted by atomic mass is 10.2. The second-order valence-corrected chi connectivity index (χ2v) is 6.20. The Morgan fingerprint density at radius 1 is 1.21 bits per heavy atom. The van der Waals surface area contributed by atoms with Crippen LogP contribution in [0.1, 0.15) is 0 Å². The molecule has 1 aromatic heterocycles. The van der Waals surface area contributed by atoms with Crippen LogP contribution < -0.4 is 5.73 Å². The van der Waals surface area contributed by atoms with Gasteiger partial charge >= 0.3 is 0 Å². The third-order valence-corrected chi connectivity index (χ3v) is 3.96. The minimum absolute atomic E-state index is 0.272. The van der Waals surface area contributed by atoms with Crippen LogP contribution in [-0.2, 0) is 0 Å². The lowest BCUT2D eigenvalue weighted by Gasteiger charge is -2.08. The number of rotatable bonds is 1. The number of fused-ring (bicyclic) bond motifs is 1. The molecule has 0 aliphatic heterocycles. The number of benzene rings is 2. The number of nitrogen functional groups attached to an aromatic ring is 1. The fourth-order valence-corrected chi connectivity index (χ4v) is 2.81. The molecule has 0 unspecified atom stereocenters. The summed E-state index contributed by atoms with van der Waals surface area (Å²) in [6.07, 6.45) is 0. The third kappa shape index (κ3) is 2.23. The first-order valence-corrected chi connectivity index (χ1v) is 7.32. The molecule has 0 bridgehead atoms. The van der Waals surface area contributed by atoms with Crippen LogP contribution in [0.15, 0.2) is 40.9 Å². The summed E-state index contributed by atoms with van der Waals surface area (Å²) >= 11 is 5.54. The zero-order valence-corrected chi connectivity index (χ0v) is 13.3. The van der Waals surface area contributed by atoms with E-state index in [9.17, 15) is 4.39 Å². The topological polar surface area (TPSA) is 43.8 Å². The van der Waals surface area contributed by atoms with E-state index in [1.807, 2.05) is 18.2 Å². The predicted molar refractivity (Wildman–Crippen MR) is 85.9 cm³/mol. The number of anilines is 1. The van der Waals surface area contributed by atoms with E-state index in [0.717, 1.165) is 19.1 Å². The van der Waals surface area contributed by atoms with Gasteiger partial charge in [0.25, 0.3) is 0 Å². The molecule has 0 radical (unpaired) electrons. The summed E-state index contributed by atoms with van der Waals surface area (Å²) in [5.74, 6) is -0.0678. The zero-order valence-electron chi connectivity index (χ0n) is 9.57. The Morgan fingerprint density at radius 2 is 2.00 bits per heavy atom. The Labute approximate surface area is 130 Å². The standard InChI is InChI=1S/C13H8BrFIN3/c14-7-1-3-9(15)12(5-7)19-11-4-2-8(16)6-10(11)18-13(19)17/h1-6H,(H2,17,18). The molecular formula is C13H8BrFIN3. The van der Waals surface area contributed by atoms with Gasteiger partial charge in [0.05, 0.1) is 16.7 Å². The second-order valence-electron chi connectivity index (χ2n) is 4.03. The van der Waals surface area contributed by atoms with Crippen LogP contribution >= 0.6 is 38.5 Å². The van der Waals surface area contributed by atoms with Crippen LogP contribution in [0.25, 0.3) is 16.7 Å². The van der Waals surface area contributed by atoms with E-state index < -0.39 is 0 Å². The monoisotopic (exact) mass is 431 g/mol. The van der Waals surface area contributed by atoms with Gasteiger partial charge in [0, 0.05) is 8.04 Å². The highest BCUT2D eigenvalue weighted by molar-refractivity contribution is 14.1. The van der Waals surface area contributed by atoms with E-state index in [-0.39, 0.29) is 11.8 Å². The number of halogens is 3. The van der Waals surface area contributed by atoms with Crippen molar-refractivity contribution in [2.24, 2.45) is 0 Å². The van der Waals surface area contributed by atoms with Crippen LogP contribution in [0.4, 0.5) is 10.3 Å². The molecule has 0 spiro atoms. The molecule has 0 atom stereocenters. The first kappa shape index (κ1) is 12.9. The quantitative estimate of drug-likeness (QED) is 0.589. The zero-order chi connectivity index (χ0) is 13.6. The normalized spacial score (nSPS) is 11.1. The molecule has 2 aromatic carbocycles. The van der Waals surface area contributed by atoms with Gasteiger partial charge in [-0.05, 0) is 59.0 Å². The molecule has 19 heavy (non-hydrogen) atoms. The summed E-state index contributed by atoms with van der Waals surface area (Å²) in [5.41, 5.74) is 7.85. The van der Waals surface area contributed by atoms with Gasteiger partial charge in [-0.15, -0.1) is 0 Å². The fourth-order valence-electron chi connectivity index (χ4n) is 1.98. The highest BCUT2D eigenvalue weighted by Crippen LogP contribution is 2.27. The van der Waals surface area contributed by atoms with Gasteiger partial charge in [0.15, 0.2) is 0 Å². The lowest BCUT2D eigenvalue weighted by Crippen LogP contribution is -2.02. The van der Waals surface area contributed by atoms with Crippen LogP contribution in [-0.4, -0.2) is 9.55 Å². The van der Waals surface area contributed by atoms with E-state index in [0.29, 0.717) is 5.69 Å². The van der Waals surface area contributed by atoms with Crippen molar-refractivity contribution in [1.82, 2.24) is 9.55 Å². The van der Waals surface area contributed by atoms with Crippen molar-refractivity contribution >= 4 is 55.5 Å². The maximum Gasteiger partial charge on any atom is 0.206 e. The Bertz CT molecular complexity index is 785. The van der Waals surface area contributed by atoms with Crippen molar-refractivity contribution < 1.29 is 4.39 Å². The maximum absolute atomic E-state index is 14.0. The van der Waals surface area contributed by atoms with E-state index in [1.165, 1.54) is 6.07 Å². The molecule has 3 rings (SSSR count). The maximum atomic E-state index is 14.0. The van der Waals surface area contributed by atoms with Crippen molar-refractivity contribution in [3.05, 3.63) is 50.3 Å². The molecular weight excluding hydrogens is 424 g/mol. The molecule has 3 aromatic rings. The number of aromatic nitrogens is 2. The number of hydrogen-bond donors (Lipinski definition) is 1. The van der Waals surface area contributed by atoms with Crippen LogP contribution in [0.2, 0.25) is 0 Å². The molecule has 6 heteroatoms. The van der Waals surface area contributed by atoms with Gasteiger partial charge < -0.3 is 5.73 Å². The highest BCUT2D eigenvalue weighted by Gasteiger charge is 2.14. The molecule has 0 saturated heterocycles. The summed E-state index contributed by atoms with van der Waals surface area (Å²) in [5, 5.41) is 0. The summed E-state index contributed by atoms with van der Waals surface area (Å²) in [6.45, 7) is 0. The number of nitrogens with zero attached hydrogens (tertiary/aromatic N) is 2. The molecule has 0 aliphatic rings. The molecule has 2 N–H and O–H groups in total. The van der Waals surface area contributed by atoms with Crippen molar-refractivity contribution in [3.63, 3.8) is 0 Å². The van der Waals surface area contributed by atoms with E-state index in [1.54, 1.807) is 16.7 Å². The molecule has 1 heterocycles. The Balaban J connectivity index is 2.36. The third-order valence-electron chi connectivity index (χ3n) is 2.79. The van der Waals surface area contributed by atoms with Crippen LogP contribution in [0.3, 0.4) is 0 Å². The largest absolute Gasteiger partial charge is 0.369 e. The minimum Gasteiger partial charge on any atom is -0.369 e. The minimum atomic E-state index is -0.340. The summed E-state index contributed by atoms with van der Waals surface area (Å²) in [7, 11) is 0. The molecule has 0 amide bonds. The molecule has 0 aliphatic carbocycles. The fraction of sp³-hybridized carbons (Fsp3) is 0. The van der Waals surface area contributed by atoms with E-state index in [4.69, 9.17) is 5.73 Å². The lowest BCUT2D eigenvalue weighted by molar-refractivity contribution is 0.619.